The van der Waals surface area contributed by atoms with Gasteiger partial charge in [0, 0.05) is 31.9 Å². The standard InChI is InChI=1S/C19H26N2O/c1-19(2,18(22)16-8-6-5-7-9-16)20-14-15-10-12-17(13-11-15)21(3)4/h5-13,18,20,22H,14H2,1-4H3. The number of aliphatic hydroxyl groups is 1. The molecule has 22 heavy (non-hydrogen) atoms. The van der Waals surface area contributed by atoms with E-state index in [0.29, 0.717) is 0 Å². The molecular formula is C19H26N2O. The van der Waals surface area contributed by atoms with Crippen LogP contribution in [0.5, 0.6) is 0 Å². The lowest BCUT2D eigenvalue weighted by Gasteiger charge is -2.32. The molecule has 2 aromatic carbocycles. The summed E-state index contributed by atoms with van der Waals surface area (Å²) in [7, 11) is 4.07. The first-order chi connectivity index (χ1) is 10.4. The first-order valence-corrected chi connectivity index (χ1v) is 7.64. The largest absolute Gasteiger partial charge is 0.387 e. The van der Waals surface area contributed by atoms with E-state index < -0.39 is 11.6 Å². The highest BCUT2D eigenvalue weighted by atomic mass is 16.3. The summed E-state index contributed by atoms with van der Waals surface area (Å²) in [5.74, 6) is 0. The van der Waals surface area contributed by atoms with Crippen molar-refractivity contribution in [1.29, 1.82) is 0 Å². The molecule has 1 unspecified atom stereocenters. The Kier molecular flexibility index (Phi) is 5.22. The van der Waals surface area contributed by atoms with Gasteiger partial charge in [-0.05, 0) is 37.1 Å². The van der Waals surface area contributed by atoms with Gasteiger partial charge in [-0.2, -0.15) is 0 Å². The number of rotatable bonds is 6. The second-order valence-electron chi connectivity index (χ2n) is 6.45. The lowest BCUT2D eigenvalue weighted by molar-refractivity contribution is 0.0791. The molecule has 3 heteroatoms. The van der Waals surface area contributed by atoms with Crippen molar-refractivity contribution >= 4 is 5.69 Å². The average Bonchev–Trinajstić information content (AvgIpc) is 2.53. The Morgan fingerprint density at radius 1 is 1.00 bits per heavy atom. The third-order valence-electron chi connectivity index (χ3n) is 4.00. The van der Waals surface area contributed by atoms with Crippen LogP contribution in [-0.4, -0.2) is 24.7 Å². The number of hydrogen-bond donors (Lipinski definition) is 2. The van der Waals surface area contributed by atoms with Crippen molar-refractivity contribution in [2.45, 2.75) is 32.0 Å². The van der Waals surface area contributed by atoms with Gasteiger partial charge in [-0.3, -0.25) is 0 Å². The van der Waals surface area contributed by atoms with Gasteiger partial charge in [0.25, 0.3) is 0 Å². The van der Waals surface area contributed by atoms with Gasteiger partial charge in [0.1, 0.15) is 0 Å². The molecule has 2 N–H and O–H groups in total. The SMILES string of the molecule is CN(C)c1ccc(CNC(C)(C)C(O)c2ccccc2)cc1. The Morgan fingerprint density at radius 3 is 2.14 bits per heavy atom. The van der Waals surface area contributed by atoms with Crippen molar-refractivity contribution in [1.82, 2.24) is 5.32 Å². The van der Waals surface area contributed by atoms with Gasteiger partial charge < -0.3 is 15.3 Å². The van der Waals surface area contributed by atoms with Crippen LogP contribution in [0.1, 0.15) is 31.1 Å². The first-order valence-electron chi connectivity index (χ1n) is 7.64. The van der Waals surface area contributed by atoms with E-state index in [2.05, 4.69) is 34.5 Å². The molecule has 0 aliphatic rings. The van der Waals surface area contributed by atoms with Gasteiger partial charge in [0.05, 0.1) is 6.10 Å². The quantitative estimate of drug-likeness (QED) is 0.858. The maximum Gasteiger partial charge on any atom is 0.0966 e. The molecule has 0 spiro atoms. The Bertz CT molecular complexity index is 576. The molecule has 118 valence electrons. The van der Waals surface area contributed by atoms with Crippen molar-refractivity contribution in [2.24, 2.45) is 0 Å². The van der Waals surface area contributed by atoms with Crippen molar-refractivity contribution in [3.63, 3.8) is 0 Å². The molecule has 2 rings (SSSR count). The van der Waals surface area contributed by atoms with E-state index in [9.17, 15) is 5.11 Å². The zero-order valence-corrected chi connectivity index (χ0v) is 13.9. The Morgan fingerprint density at radius 2 is 1.59 bits per heavy atom. The number of benzene rings is 2. The summed E-state index contributed by atoms with van der Waals surface area (Å²) in [6.45, 7) is 4.78. The average molecular weight is 298 g/mol. The van der Waals surface area contributed by atoms with Crippen LogP contribution in [0.2, 0.25) is 0 Å². The molecule has 0 fully saturated rings. The fraction of sp³-hybridized carbons (Fsp3) is 0.368. The van der Waals surface area contributed by atoms with Gasteiger partial charge in [0.15, 0.2) is 0 Å². The van der Waals surface area contributed by atoms with Crippen LogP contribution in [0, 0.1) is 0 Å². The maximum absolute atomic E-state index is 10.6. The topological polar surface area (TPSA) is 35.5 Å². The predicted molar refractivity (Wildman–Crippen MR) is 93.1 cm³/mol. The van der Waals surface area contributed by atoms with E-state index in [4.69, 9.17) is 0 Å². The summed E-state index contributed by atoms with van der Waals surface area (Å²) >= 11 is 0. The van der Waals surface area contributed by atoms with Crippen molar-refractivity contribution in [3.8, 4) is 0 Å². The number of hydrogen-bond acceptors (Lipinski definition) is 3. The molecule has 0 saturated carbocycles. The number of aliphatic hydroxyl groups excluding tert-OH is 1. The third kappa shape index (κ3) is 4.09. The minimum atomic E-state index is -0.547. The van der Waals surface area contributed by atoms with Crippen molar-refractivity contribution in [2.75, 3.05) is 19.0 Å². The molecule has 0 bridgehead atoms. The second-order valence-corrected chi connectivity index (χ2v) is 6.45. The Hall–Kier alpha value is -1.84. The molecule has 0 aliphatic heterocycles. The van der Waals surface area contributed by atoms with Gasteiger partial charge >= 0.3 is 0 Å². The summed E-state index contributed by atoms with van der Waals surface area (Å²) in [6, 6.07) is 18.2. The minimum Gasteiger partial charge on any atom is -0.387 e. The Labute approximate surface area is 133 Å². The Balaban J connectivity index is 2.00. The van der Waals surface area contributed by atoms with E-state index in [-0.39, 0.29) is 0 Å². The normalized spacial score (nSPS) is 13.0. The molecule has 0 amide bonds. The van der Waals surface area contributed by atoms with Gasteiger partial charge in [-0.25, -0.2) is 0 Å². The highest BCUT2D eigenvalue weighted by molar-refractivity contribution is 5.46. The lowest BCUT2D eigenvalue weighted by atomic mass is 9.91. The molecule has 0 aliphatic carbocycles. The third-order valence-corrected chi connectivity index (χ3v) is 4.00. The molecule has 1 atom stereocenters. The molecule has 3 nitrogen and oxygen atoms in total. The van der Waals surface area contributed by atoms with Crippen LogP contribution in [-0.2, 0) is 6.54 Å². The van der Waals surface area contributed by atoms with Crippen LogP contribution in [0.4, 0.5) is 5.69 Å². The molecular weight excluding hydrogens is 272 g/mol. The van der Waals surface area contributed by atoms with E-state index in [1.165, 1.54) is 11.3 Å². The van der Waals surface area contributed by atoms with Gasteiger partial charge in [-0.1, -0.05) is 42.5 Å². The maximum atomic E-state index is 10.6. The molecule has 0 aromatic heterocycles. The summed E-state index contributed by atoms with van der Waals surface area (Å²) in [5, 5.41) is 14.0. The molecule has 2 aromatic rings. The van der Waals surface area contributed by atoms with Crippen LogP contribution >= 0.6 is 0 Å². The molecule has 0 saturated heterocycles. The van der Waals surface area contributed by atoms with Crippen LogP contribution in [0.3, 0.4) is 0 Å². The first kappa shape index (κ1) is 16.5. The van der Waals surface area contributed by atoms with E-state index in [0.717, 1.165) is 12.1 Å². The number of anilines is 1. The van der Waals surface area contributed by atoms with Crippen molar-refractivity contribution < 1.29 is 5.11 Å². The van der Waals surface area contributed by atoms with Crippen molar-refractivity contribution in [3.05, 3.63) is 65.7 Å². The summed E-state index contributed by atoms with van der Waals surface area (Å²) in [6.07, 6.45) is -0.547. The zero-order chi connectivity index (χ0) is 16.2. The lowest BCUT2D eigenvalue weighted by Crippen LogP contribution is -2.44. The minimum absolute atomic E-state index is 0.401. The summed E-state index contributed by atoms with van der Waals surface area (Å²) in [4.78, 5) is 2.08. The molecule has 0 heterocycles. The fourth-order valence-electron chi connectivity index (χ4n) is 2.39. The van der Waals surface area contributed by atoms with E-state index in [1.807, 2.05) is 58.3 Å². The van der Waals surface area contributed by atoms with Gasteiger partial charge in [0.2, 0.25) is 0 Å². The van der Waals surface area contributed by atoms with Crippen LogP contribution in [0.15, 0.2) is 54.6 Å². The van der Waals surface area contributed by atoms with E-state index >= 15 is 0 Å². The predicted octanol–water partition coefficient (Wildman–Crippen LogP) is 3.35. The summed E-state index contributed by atoms with van der Waals surface area (Å²) in [5.41, 5.74) is 2.93. The highest BCUT2D eigenvalue weighted by Crippen LogP contribution is 2.25. The highest BCUT2D eigenvalue weighted by Gasteiger charge is 2.28. The van der Waals surface area contributed by atoms with Crippen LogP contribution < -0.4 is 10.2 Å². The fourth-order valence-corrected chi connectivity index (χ4v) is 2.39. The number of nitrogens with one attached hydrogen (secondary N) is 1. The monoisotopic (exact) mass is 298 g/mol. The van der Waals surface area contributed by atoms with Gasteiger partial charge in [-0.15, -0.1) is 0 Å². The number of nitrogens with zero attached hydrogens (tertiary/aromatic N) is 1. The second kappa shape index (κ2) is 6.95. The summed E-state index contributed by atoms with van der Waals surface area (Å²) < 4.78 is 0. The van der Waals surface area contributed by atoms with E-state index in [1.54, 1.807) is 0 Å². The zero-order valence-electron chi connectivity index (χ0n) is 13.9. The smallest absolute Gasteiger partial charge is 0.0966 e. The molecule has 0 radical (unpaired) electrons. The van der Waals surface area contributed by atoms with Crippen LogP contribution in [0.25, 0.3) is 0 Å².